The second kappa shape index (κ2) is 6.79. The Bertz CT molecular complexity index is 36.8. The topological polar surface area (TPSA) is 0 Å². The molecule has 0 aromatic heterocycles. The van der Waals surface area contributed by atoms with Crippen LogP contribution in [0.2, 0.25) is 0 Å². The maximum absolute atomic E-state index is 2.01. The molecule has 1 aliphatic rings. The summed E-state index contributed by atoms with van der Waals surface area (Å²) in [7, 11) is 9.77. The Morgan fingerprint density at radius 3 is 2.33 bits per heavy atom. The van der Waals surface area contributed by atoms with Gasteiger partial charge in [0, 0.05) is 0 Å². The highest BCUT2D eigenvalue weighted by Crippen LogP contribution is 2.43. The zero-order valence-corrected chi connectivity index (χ0v) is 9.47. The van der Waals surface area contributed by atoms with E-state index in [1.165, 1.54) is 15.3 Å². The number of thioether (sulfide) groups is 1. The fourth-order valence-electron chi connectivity index (χ4n) is 0.263. The van der Waals surface area contributed by atoms with E-state index in [0.29, 0.717) is 0 Å². The molecule has 0 bridgehead atoms. The summed E-state index contributed by atoms with van der Waals surface area (Å²) in [6.07, 6.45) is 0. The van der Waals surface area contributed by atoms with Gasteiger partial charge in [-0.1, -0.05) is 43.2 Å². The first kappa shape index (κ1) is 9.19. The molecular formula is C3H6S6. The van der Waals surface area contributed by atoms with Gasteiger partial charge in [0.05, 0.1) is 15.3 Å². The molecule has 1 rings (SSSR count). The van der Waals surface area contributed by atoms with Crippen LogP contribution in [0.5, 0.6) is 0 Å². The van der Waals surface area contributed by atoms with E-state index in [-0.39, 0.29) is 0 Å². The number of hydrogen-bond donors (Lipinski definition) is 0. The van der Waals surface area contributed by atoms with Gasteiger partial charge in [-0.15, -0.1) is 11.8 Å². The first-order valence-electron chi connectivity index (χ1n) is 2.23. The van der Waals surface area contributed by atoms with Crippen LogP contribution in [0.3, 0.4) is 0 Å². The third kappa shape index (κ3) is 5.38. The molecule has 1 fully saturated rings. The van der Waals surface area contributed by atoms with E-state index in [0.717, 1.165) is 0 Å². The highest BCUT2D eigenvalue weighted by Gasteiger charge is 1.97. The molecule has 0 unspecified atom stereocenters. The molecule has 54 valence electrons. The molecule has 0 aliphatic carbocycles. The summed E-state index contributed by atoms with van der Waals surface area (Å²) >= 11 is 2.01. The van der Waals surface area contributed by atoms with Gasteiger partial charge in [0.15, 0.2) is 0 Å². The van der Waals surface area contributed by atoms with Gasteiger partial charge in [-0.05, 0) is 9.83 Å². The summed E-state index contributed by atoms with van der Waals surface area (Å²) in [6, 6.07) is 0. The monoisotopic (exact) mass is 234 g/mol. The van der Waals surface area contributed by atoms with Crippen LogP contribution in [0.15, 0.2) is 0 Å². The van der Waals surface area contributed by atoms with Crippen molar-refractivity contribution < 1.29 is 0 Å². The van der Waals surface area contributed by atoms with E-state index >= 15 is 0 Å². The summed E-state index contributed by atoms with van der Waals surface area (Å²) < 4.78 is 0. The summed E-state index contributed by atoms with van der Waals surface area (Å²) in [5, 5.41) is 3.72. The smallest absolute Gasteiger partial charge is 0.0608 e. The minimum absolute atomic E-state index is 1.23. The Kier molecular flexibility index (Phi) is 6.93. The highest BCUT2D eigenvalue weighted by atomic mass is 33.5. The van der Waals surface area contributed by atoms with Crippen molar-refractivity contribution in [3.63, 3.8) is 0 Å². The highest BCUT2D eigenvalue weighted by molar-refractivity contribution is 9.11. The maximum atomic E-state index is 2.01. The molecule has 0 atom stereocenters. The van der Waals surface area contributed by atoms with Crippen LogP contribution in [0.4, 0.5) is 0 Å². The molecule has 0 spiro atoms. The Morgan fingerprint density at radius 1 is 0.667 bits per heavy atom. The van der Waals surface area contributed by atoms with Crippen molar-refractivity contribution >= 4 is 64.8 Å². The average molecular weight is 234 g/mol. The Hall–Kier alpha value is 2.10. The van der Waals surface area contributed by atoms with Crippen LogP contribution in [0.1, 0.15) is 0 Å². The van der Waals surface area contributed by atoms with Crippen LogP contribution < -0.4 is 0 Å². The van der Waals surface area contributed by atoms with Crippen LogP contribution in [0.25, 0.3) is 0 Å². The predicted octanol–water partition coefficient (Wildman–Crippen LogP) is 4.02. The molecule has 0 amide bonds. The van der Waals surface area contributed by atoms with Gasteiger partial charge in [-0.25, -0.2) is 0 Å². The van der Waals surface area contributed by atoms with Crippen molar-refractivity contribution in [2.24, 2.45) is 0 Å². The molecular weight excluding hydrogens is 228 g/mol. The Morgan fingerprint density at radius 2 is 1.33 bits per heavy atom. The lowest BCUT2D eigenvalue weighted by Gasteiger charge is -1.92. The summed E-state index contributed by atoms with van der Waals surface area (Å²) in [5.74, 6) is 0. The van der Waals surface area contributed by atoms with E-state index in [2.05, 4.69) is 0 Å². The van der Waals surface area contributed by atoms with Crippen LogP contribution >= 0.6 is 64.8 Å². The van der Waals surface area contributed by atoms with Gasteiger partial charge in [-0.2, -0.15) is 0 Å². The minimum Gasteiger partial charge on any atom is -0.138 e. The number of hydrogen-bond acceptors (Lipinski definition) is 6. The molecule has 0 aromatic carbocycles. The van der Waals surface area contributed by atoms with Crippen molar-refractivity contribution in [2.75, 3.05) is 15.3 Å². The van der Waals surface area contributed by atoms with Crippen molar-refractivity contribution in [1.29, 1.82) is 0 Å². The standard InChI is InChI=1S/C3H6S6/c1-4-2-7-9-8-3-6-5-1/h1-3H2. The zero-order chi connectivity index (χ0) is 6.36. The van der Waals surface area contributed by atoms with Gasteiger partial charge in [0.2, 0.25) is 0 Å². The lowest BCUT2D eigenvalue weighted by Crippen LogP contribution is -1.65. The lowest BCUT2D eigenvalue weighted by atomic mass is 11.9. The van der Waals surface area contributed by atoms with Crippen molar-refractivity contribution in [1.82, 2.24) is 0 Å². The molecule has 1 aliphatic heterocycles. The lowest BCUT2D eigenvalue weighted by molar-refractivity contribution is 2.19. The normalized spacial score (nSPS) is 24.0. The van der Waals surface area contributed by atoms with E-state index in [1.807, 2.05) is 64.8 Å². The molecule has 1 saturated heterocycles. The molecule has 0 N–H and O–H groups in total. The fraction of sp³-hybridized carbons (Fsp3) is 1.00. The average Bonchev–Trinajstić information content (AvgIpc) is 2.00. The van der Waals surface area contributed by atoms with Crippen molar-refractivity contribution in [3.8, 4) is 0 Å². The minimum atomic E-state index is 1.23. The molecule has 1 heterocycles. The second-order valence-corrected chi connectivity index (χ2v) is 9.87. The van der Waals surface area contributed by atoms with Crippen LogP contribution in [-0.4, -0.2) is 15.3 Å². The fourth-order valence-corrected chi connectivity index (χ4v) is 10.3. The largest absolute Gasteiger partial charge is 0.138 e. The summed E-state index contributed by atoms with van der Waals surface area (Å²) in [4.78, 5) is 0. The first-order valence-corrected chi connectivity index (χ1v) is 9.70. The third-order valence-corrected chi connectivity index (χ3v) is 10.0. The van der Waals surface area contributed by atoms with Crippen molar-refractivity contribution in [3.05, 3.63) is 0 Å². The van der Waals surface area contributed by atoms with E-state index < -0.39 is 0 Å². The van der Waals surface area contributed by atoms with Crippen molar-refractivity contribution in [2.45, 2.75) is 0 Å². The molecule has 0 aromatic rings. The summed E-state index contributed by atoms with van der Waals surface area (Å²) in [5.41, 5.74) is 0. The van der Waals surface area contributed by atoms with Gasteiger partial charge < -0.3 is 0 Å². The van der Waals surface area contributed by atoms with Crippen LogP contribution in [-0.2, 0) is 0 Å². The third-order valence-electron chi connectivity index (χ3n) is 0.539. The molecule has 9 heavy (non-hydrogen) atoms. The first-order chi connectivity index (χ1) is 4.50. The Labute approximate surface area is 79.4 Å². The number of rotatable bonds is 0. The summed E-state index contributed by atoms with van der Waals surface area (Å²) in [6.45, 7) is 0. The quantitative estimate of drug-likeness (QED) is 0.577. The molecule has 0 saturated carbocycles. The zero-order valence-electron chi connectivity index (χ0n) is 4.57. The SMILES string of the molecule is C1SCSSSCSS1. The molecule has 0 radical (unpaired) electrons. The predicted molar refractivity (Wildman–Crippen MR) is 60.1 cm³/mol. The molecule has 0 nitrogen and oxygen atoms in total. The van der Waals surface area contributed by atoms with E-state index in [4.69, 9.17) is 0 Å². The second-order valence-electron chi connectivity index (χ2n) is 1.10. The molecule has 6 heteroatoms. The Balaban J connectivity index is 2.02. The van der Waals surface area contributed by atoms with Gasteiger partial charge in [0.1, 0.15) is 0 Å². The van der Waals surface area contributed by atoms with Gasteiger partial charge in [0.25, 0.3) is 0 Å². The maximum Gasteiger partial charge on any atom is 0.0608 e. The van der Waals surface area contributed by atoms with E-state index in [1.54, 1.807) is 0 Å². The van der Waals surface area contributed by atoms with Crippen LogP contribution in [0, 0.1) is 0 Å². The van der Waals surface area contributed by atoms with E-state index in [9.17, 15) is 0 Å². The van der Waals surface area contributed by atoms with Gasteiger partial charge in [-0.3, -0.25) is 0 Å². The van der Waals surface area contributed by atoms with Gasteiger partial charge >= 0.3 is 0 Å².